The van der Waals surface area contributed by atoms with Crippen LogP contribution in [-0.2, 0) is 28.7 Å². The van der Waals surface area contributed by atoms with Crippen LogP contribution in [0.25, 0.3) is 0 Å². The van der Waals surface area contributed by atoms with E-state index in [4.69, 9.17) is 0 Å². The molecule has 0 spiro atoms. The van der Waals surface area contributed by atoms with Crippen molar-refractivity contribution in [2.75, 3.05) is 13.1 Å². The number of aliphatic imine (C=N–C) groups is 1. The van der Waals surface area contributed by atoms with Gasteiger partial charge in [-0.3, -0.25) is 0 Å². The molecular formula is C20H31N5O2S2. The summed E-state index contributed by atoms with van der Waals surface area (Å²) < 4.78 is 27.2. The molecule has 0 saturated heterocycles. The average Bonchev–Trinajstić information content (AvgIpc) is 3.04. The van der Waals surface area contributed by atoms with E-state index in [1.807, 2.05) is 52.0 Å². The molecule has 3 N–H and O–H groups in total. The summed E-state index contributed by atoms with van der Waals surface area (Å²) in [4.78, 5) is 9.10. The Morgan fingerprint density at radius 2 is 1.93 bits per heavy atom. The van der Waals surface area contributed by atoms with Gasteiger partial charge >= 0.3 is 0 Å². The first-order valence-corrected chi connectivity index (χ1v) is 12.3. The van der Waals surface area contributed by atoms with E-state index in [2.05, 4.69) is 30.7 Å². The van der Waals surface area contributed by atoms with Gasteiger partial charge in [-0.2, -0.15) is 0 Å². The molecule has 9 heteroatoms. The number of sulfonamides is 1. The van der Waals surface area contributed by atoms with Crippen molar-refractivity contribution >= 4 is 27.3 Å². The molecule has 0 saturated carbocycles. The Kier molecular flexibility index (Phi) is 9.06. The molecule has 0 atom stereocenters. The van der Waals surface area contributed by atoms with Crippen LogP contribution in [0.1, 0.15) is 42.6 Å². The van der Waals surface area contributed by atoms with Crippen LogP contribution >= 0.6 is 11.3 Å². The largest absolute Gasteiger partial charge is 0.357 e. The second kappa shape index (κ2) is 11.3. The quantitative estimate of drug-likeness (QED) is 0.392. The average molecular weight is 438 g/mol. The summed E-state index contributed by atoms with van der Waals surface area (Å²) in [6.45, 7) is 9.52. The van der Waals surface area contributed by atoms with E-state index in [-0.39, 0.29) is 11.8 Å². The SMILES string of the molecule is CCNC(=NCc1ccccc1CS(=O)(=O)NC(C)C)NCCc1csc(C)n1. The van der Waals surface area contributed by atoms with E-state index in [0.29, 0.717) is 12.5 Å². The summed E-state index contributed by atoms with van der Waals surface area (Å²) in [5, 5.41) is 9.69. The second-order valence-electron chi connectivity index (χ2n) is 7.03. The number of hydrogen-bond acceptors (Lipinski definition) is 5. The minimum atomic E-state index is -3.38. The van der Waals surface area contributed by atoms with Crippen LogP contribution in [0.3, 0.4) is 0 Å². The van der Waals surface area contributed by atoms with Gasteiger partial charge in [0, 0.05) is 30.9 Å². The molecule has 7 nitrogen and oxygen atoms in total. The molecule has 29 heavy (non-hydrogen) atoms. The first-order chi connectivity index (χ1) is 13.8. The van der Waals surface area contributed by atoms with Gasteiger partial charge in [-0.15, -0.1) is 11.3 Å². The van der Waals surface area contributed by atoms with Gasteiger partial charge in [0.2, 0.25) is 10.0 Å². The summed E-state index contributed by atoms with van der Waals surface area (Å²) in [6.07, 6.45) is 0.824. The monoisotopic (exact) mass is 437 g/mol. The topological polar surface area (TPSA) is 95.5 Å². The molecule has 0 unspecified atom stereocenters. The van der Waals surface area contributed by atoms with Crippen LogP contribution in [0.4, 0.5) is 0 Å². The number of thiazole rings is 1. The standard InChI is InChI=1S/C20H31N5O2S2/c1-5-21-20(22-11-10-19-13-28-16(4)24-19)23-12-17-8-6-7-9-18(17)14-29(26,27)25-15(2)3/h6-9,13,15,25H,5,10-12,14H2,1-4H3,(H2,21,22,23). The zero-order valence-corrected chi connectivity index (χ0v) is 19.2. The molecule has 1 heterocycles. The van der Waals surface area contributed by atoms with E-state index in [0.717, 1.165) is 41.3 Å². The van der Waals surface area contributed by atoms with E-state index in [9.17, 15) is 8.42 Å². The van der Waals surface area contributed by atoms with Gasteiger partial charge in [0.15, 0.2) is 5.96 Å². The van der Waals surface area contributed by atoms with Crippen LogP contribution in [0, 0.1) is 6.92 Å². The van der Waals surface area contributed by atoms with Crippen LogP contribution < -0.4 is 15.4 Å². The molecule has 0 amide bonds. The molecule has 160 valence electrons. The fraction of sp³-hybridized carbons (Fsp3) is 0.500. The Bertz CT molecular complexity index is 907. The fourth-order valence-corrected chi connectivity index (χ4v) is 4.94. The van der Waals surface area contributed by atoms with Gasteiger partial charge in [0.1, 0.15) is 0 Å². The van der Waals surface area contributed by atoms with E-state index in [1.54, 1.807) is 11.3 Å². The maximum atomic E-state index is 12.3. The lowest BCUT2D eigenvalue weighted by Crippen LogP contribution is -2.38. The molecule has 0 radical (unpaired) electrons. The fourth-order valence-electron chi connectivity index (χ4n) is 2.80. The van der Waals surface area contributed by atoms with Crippen LogP contribution in [0.15, 0.2) is 34.6 Å². The summed E-state index contributed by atoms with van der Waals surface area (Å²) in [5.74, 6) is 0.654. The molecule has 0 fully saturated rings. The molecule has 0 aliphatic rings. The third kappa shape index (κ3) is 8.51. The number of nitrogens with one attached hydrogen (secondary N) is 3. The first kappa shape index (κ1) is 23.3. The highest BCUT2D eigenvalue weighted by molar-refractivity contribution is 7.88. The summed E-state index contributed by atoms with van der Waals surface area (Å²) in [7, 11) is -3.38. The minimum absolute atomic E-state index is 0.0516. The van der Waals surface area contributed by atoms with Crippen molar-refractivity contribution in [2.45, 2.75) is 52.5 Å². The smallest absolute Gasteiger partial charge is 0.216 e. The molecule has 0 aliphatic heterocycles. The zero-order chi connectivity index (χ0) is 21.3. The van der Waals surface area contributed by atoms with Gasteiger partial charge in [0.25, 0.3) is 0 Å². The third-order valence-corrected chi connectivity index (χ3v) is 6.31. The Morgan fingerprint density at radius 3 is 2.55 bits per heavy atom. The number of aromatic nitrogens is 1. The number of guanidine groups is 1. The van der Waals surface area contributed by atoms with Gasteiger partial charge < -0.3 is 10.6 Å². The van der Waals surface area contributed by atoms with E-state index < -0.39 is 10.0 Å². The molecular weight excluding hydrogens is 406 g/mol. The lowest BCUT2D eigenvalue weighted by molar-refractivity contribution is 0.569. The number of rotatable bonds is 10. The Morgan fingerprint density at radius 1 is 1.21 bits per heavy atom. The normalized spacial score (nSPS) is 12.4. The molecule has 0 aliphatic carbocycles. The van der Waals surface area contributed by atoms with Crippen LogP contribution in [0.5, 0.6) is 0 Å². The maximum absolute atomic E-state index is 12.3. The zero-order valence-electron chi connectivity index (χ0n) is 17.5. The maximum Gasteiger partial charge on any atom is 0.216 e. The highest BCUT2D eigenvalue weighted by atomic mass is 32.2. The van der Waals surface area contributed by atoms with Crippen LogP contribution in [0.2, 0.25) is 0 Å². The lowest BCUT2D eigenvalue weighted by Gasteiger charge is -2.13. The van der Waals surface area contributed by atoms with Crippen molar-refractivity contribution in [3.8, 4) is 0 Å². The van der Waals surface area contributed by atoms with Gasteiger partial charge in [-0.1, -0.05) is 24.3 Å². The predicted molar refractivity (Wildman–Crippen MR) is 121 cm³/mol. The Balaban J connectivity index is 2.02. The Hall–Kier alpha value is -1.97. The van der Waals surface area contributed by atoms with Crippen molar-refractivity contribution in [3.63, 3.8) is 0 Å². The number of aryl methyl sites for hydroxylation is 1. The number of nitrogens with zero attached hydrogens (tertiary/aromatic N) is 2. The third-order valence-electron chi connectivity index (χ3n) is 3.97. The minimum Gasteiger partial charge on any atom is -0.357 e. The van der Waals surface area contributed by atoms with Crippen LogP contribution in [-0.4, -0.2) is 38.5 Å². The predicted octanol–water partition coefficient (Wildman–Crippen LogP) is 2.58. The first-order valence-electron chi connectivity index (χ1n) is 9.79. The lowest BCUT2D eigenvalue weighted by atomic mass is 10.1. The van der Waals surface area contributed by atoms with Gasteiger partial charge in [0.05, 0.1) is 23.0 Å². The van der Waals surface area contributed by atoms with Crippen molar-refractivity contribution in [1.82, 2.24) is 20.3 Å². The van der Waals surface area contributed by atoms with Crippen molar-refractivity contribution in [3.05, 3.63) is 51.5 Å². The highest BCUT2D eigenvalue weighted by Crippen LogP contribution is 2.14. The summed E-state index contributed by atoms with van der Waals surface area (Å²) in [5.41, 5.74) is 2.73. The molecule has 2 aromatic rings. The van der Waals surface area contributed by atoms with Crippen molar-refractivity contribution in [2.24, 2.45) is 4.99 Å². The van der Waals surface area contributed by atoms with E-state index in [1.165, 1.54) is 0 Å². The van der Waals surface area contributed by atoms with Crippen molar-refractivity contribution in [1.29, 1.82) is 0 Å². The summed E-state index contributed by atoms with van der Waals surface area (Å²) >= 11 is 1.65. The number of benzene rings is 1. The molecule has 0 bridgehead atoms. The van der Waals surface area contributed by atoms with Gasteiger partial charge in [-0.25, -0.2) is 23.1 Å². The highest BCUT2D eigenvalue weighted by Gasteiger charge is 2.15. The summed E-state index contributed by atoms with van der Waals surface area (Å²) in [6, 6.07) is 7.39. The van der Waals surface area contributed by atoms with Crippen molar-refractivity contribution < 1.29 is 8.42 Å². The molecule has 1 aromatic carbocycles. The number of hydrogen-bond donors (Lipinski definition) is 3. The van der Waals surface area contributed by atoms with Gasteiger partial charge in [-0.05, 0) is 38.8 Å². The molecule has 1 aromatic heterocycles. The second-order valence-corrected chi connectivity index (χ2v) is 9.85. The Labute approximate surface area is 178 Å². The van der Waals surface area contributed by atoms with E-state index >= 15 is 0 Å². The molecule has 2 rings (SSSR count).